The van der Waals surface area contributed by atoms with Gasteiger partial charge in [-0.05, 0) is 62.3 Å². The average Bonchev–Trinajstić information content (AvgIpc) is 2.71. The van der Waals surface area contributed by atoms with Gasteiger partial charge in [0.25, 0.3) is 5.91 Å². The monoisotopic (exact) mass is 374 g/mol. The molecule has 3 rings (SSSR count). The van der Waals surface area contributed by atoms with Crippen molar-refractivity contribution in [2.24, 2.45) is 0 Å². The number of benzene rings is 1. The van der Waals surface area contributed by atoms with Gasteiger partial charge in [-0.3, -0.25) is 4.79 Å². The van der Waals surface area contributed by atoms with Gasteiger partial charge in [-0.2, -0.15) is 0 Å². The number of carbonyl (C=O) groups excluding carboxylic acids is 2. The minimum atomic E-state index is -0.485. The van der Waals surface area contributed by atoms with Crippen LogP contribution in [0.15, 0.2) is 18.2 Å². The van der Waals surface area contributed by atoms with Crippen molar-refractivity contribution < 1.29 is 19.1 Å². The number of fused-ring (bicyclic) bond motifs is 1. The van der Waals surface area contributed by atoms with Gasteiger partial charge in [-0.25, -0.2) is 4.79 Å². The van der Waals surface area contributed by atoms with Crippen LogP contribution in [0.1, 0.15) is 44.2 Å². The fourth-order valence-corrected chi connectivity index (χ4v) is 3.78. The summed E-state index contributed by atoms with van der Waals surface area (Å²) >= 11 is 0. The van der Waals surface area contributed by atoms with Crippen LogP contribution < -0.4 is 4.74 Å². The quantitative estimate of drug-likeness (QED) is 0.795. The predicted molar refractivity (Wildman–Crippen MR) is 103 cm³/mol. The normalized spacial score (nSPS) is 17.9. The highest BCUT2D eigenvalue weighted by atomic mass is 16.6. The summed E-state index contributed by atoms with van der Waals surface area (Å²) in [5, 5.41) is 0. The van der Waals surface area contributed by atoms with Gasteiger partial charge in [0.15, 0.2) is 6.10 Å². The van der Waals surface area contributed by atoms with Crippen molar-refractivity contribution in [3.8, 4) is 5.75 Å². The van der Waals surface area contributed by atoms with Crippen LogP contribution in [-0.4, -0.2) is 60.7 Å². The third kappa shape index (κ3) is 4.73. The van der Waals surface area contributed by atoms with E-state index in [0.717, 1.165) is 18.6 Å². The average molecular weight is 374 g/mol. The first-order valence-electron chi connectivity index (χ1n) is 10.1. The van der Waals surface area contributed by atoms with Gasteiger partial charge in [-0.15, -0.1) is 0 Å². The lowest BCUT2D eigenvalue weighted by molar-refractivity contribution is -0.140. The molecule has 6 nitrogen and oxygen atoms in total. The Hall–Kier alpha value is -2.24. The van der Waals surface area contributed by atoms with Crippen molar-refractivity contribution >= 4 is 12.0 Å². The number of rotatable bonds is 5. The van der Waals surface area contributed by atoms with Gasteiger partial charge in [0.2, 0.25) is 0 Å². The molecule has 6 heteroatoms. The van der Waals surface area contributed by atoms with E-state index in [1.54, 1.807) is 16.7 Å². The summed E-state index contributed by atoms with van der Waals surface area (Å²) in [6, 6.07) is 6.22. The molecular formula is C21H30N2O4. The molecule has 148 valence electrons. The SMILES string of the molecule is CCOC(=O)N1CCN(C(=O)[C@H](CC)Oc2ccc3c(c2)CCCC3)CC1. The Morgan fingerprint density at radius 2 is 1.67 bits per heavy atom. The summed E-state index contributed by atoms with van der Waals surface area (Å²) < 4.78 is 11.1. The van der Waals surface area contributed by atoms with E-state index in [1.807, 2.05) is 13.0 Å². The molecule has 0 bridgehead atoms. The number of hydrogen-bond acceptors (Lipinski definition) is 4. The van der Waals surface area contributed by atoms with Crippen molar-refractivity contribution in [3.63, 3.8) is 0 Å². The molecule has 1 saturated heterocycles. The summed E-state index contributed by atoms with van der Waals surface area (Å²) in [6.07, 6.45) is 4.53. The smallest absolute Gasteiger partial charge is 0.409 e. The summed E-state index contributed by atoms with van der Waals surface area (Å²) in [7, 11) is 0. The first kappa shape index (κ1) is 19.5. The molecule has 1 atom stereocenters. The van der Waals surface area contributed by atoms with Gasteiger partial charge >= 0.3 is 6.09 Å². The Kier molecular flexibility index (Phi) is 6.58. The van der Waals surface area contributed by atoms with Gasteiger partial charge in [0.1, 0.15) is 5.75 Å². The molecule has 0 saturated carbocycles. The van der Waals surface area contributed by atoms with E-state index >= 15 is 0 Å². The second-order valence-electron chi connectivity index (χ2n) is 7.16. The van der Waals surface area contributed by atoms with Crippen LogP contribution >= 0.6 is 0 Å². The Morgan fingerprint density at radius 1 is 1.00 bits per heavy atom. The molecule has 1 aliphatic heterocycles. The van der Waals surface area contributed by atoms with E-state index in [-0.39, 0.29) is 12.0 Å². The number of carbonyl (C=O) groups is 2. The molecule has 0 unspecified atom stereocenters. The van der Waals surface area contributed by atoms with E-state index in [1.165, 1.54) is 24.0 Å². The highest BCUT2D eigenvalue weighted by Gasteiger charge is 2.29. The molecule has 2 aliphatic rings. The van der Waals surface area contributed by atoms with Crippen molar-refractivity contribution in [1.29, 1.82) is 0 Å². The van der Waals surface area contributed by atoms with Crippen LogP contribution in [0.3, 0.4) is 0 Å². The van der Waals surface area contributed by atoms with Crippen molar-refractivity contribution in [2.75, 3.05) is 32.8 Å². The minimum absolute atomic E-state index is 0.00118. The maximum absolute atomic E-state index is 12.9. The summed E-state index contributed by atoms with van der Waals surface area (Å²) in [5.41, 5.74) is 2.76. The van der Waals surface area contributed by atoms with Gasteiger partial charge in [-0.1, -0.05) is 13.0 Å². The summed E-state index contributed by atoms with van der Waals surface area (Å²) in [6.45, 7) is 6.16. The number of hydrogen-bond donors (Lipinski definition) is 0. The first-order valence-corrected chi connectivity index (χ1v) is 10.1. The zero-order valence-electron chi connectivity index (χ0n) is 16.4. The zero-order valence-corrected chi connectivity index (χ0v) is 16.4. The predicted octanol–water partition coefficient (Wildman–Crippen LogP) is 3.02. The van der Waals surface area contributed by atoms with Gasteiger partial charge in [0, 0.05) is 26.2 Å². The van der Waals surface area contributed by atoms with Crippen LogP contribution in [0, 0.1) is 0 Å². The molecule has 0 aromatic heterocycles. The summed E-state index contributed by atoms with van der Waals surface area (Å²) in [4.78, 5) is 28.1. The molecule has 1 aromatic carbocycles. The number of nitrogens with zero attached hydrogens (tertiary/aromatic N) is 2. The number of aryl methyl sites for hydroxylation is 2. The molecule has 1 aromatic rings. The lowest BCUT2D eigenvalue weighted by Crippen LogP contribution is -2.53. The Labute approximate surface area is 161 Å². The molecule has 2 amide bonds. The summed E-state index contributed by atoms with van der Waals surface area (Å²) in [5.74, 6) is 0.778. The van der Waals surface area contributed by atoms with Crippen molar-refractivity contribution in [2.45, 2.75) is 52.1 Å². The van der Waals surface area contributed by atoms with Gasteiger partial charge in [0.05, 0.1) is 6.61 Å². The second kappa shape index (κ2) is 9.11. The molecule has 0 N–H and O–H groups in total. The zero-order chi connectivity index (χ0) is 19.2. The van der Waals surface area contributed by atoms with Crippen LogP contribution in [0.4, 0.5) is 4.79 Å². The van der Waals surface area contributed by atoms with E-state index in [4.69, 9.17) is 9.47 Å². The maximum atomic E-state index is 12.9. The highest BCUT2D eigenvalue weighted by Crippen LogP contribution is 2.26. The molecule has 0 spiro atoms. The number of piperazine rings is 1. The lowest BCUT2D eigenvalue weighted by Gasteiger charge is -2.35. The van der Waals surface area contributed by atoms with Crippen molar-refractivity contribution in [3.05, 3.63) is 29.3 Å². The largest absolute Gasteiger partial charge is 0.481 e. The van der Waals surface area contributed by atoms with E-state index < -0.39 is 6.10 Å². The fourth-order valence-electron chi connectivity index (χ4n) is 3.78. The number of amides is 2. The van der Waals surface area contributed by atoms with Crippen LogP contribution in [0.25, 0.3) is 0 Å². The second-order valence-corrected chi connectivity index (χ2v) is 7.16. The number of ether oxygens (including phenoxy) is 2. The molecule has 1 fully saturated rings. The molecule has 0 radical (unpaired) electrons. The van der Waals surface area contributed by atoms with Crippen molar-refractivity contribution in [1.82, 2.24) is 9.80 Å². The highest BCUT2D eigenvalue weighted by molar-refractivity contribution is 5.81. The topological polar surface area (TPSA) is 59.1 Å². The van der Waals surface area contributed by atoms with Gasteiger partial charge < -0.3 is 19.3 Å². The lowest BCUT2D eigenvalue weighted by atomic mass is 9.92. The Morgan fingerprint density at radius 3 is 2.33 bits per heavy atom. The van der Waals surface area contributed by atoms with E-state index in [9.17, 15) is 9.59 Å². The molecule has 1 aliphatic carbocycles. The Bertz CT molecular complexity index is 668. The molecular weight excluding hydrogens is 344 g/mol. The van der Waals surface area contributed by atoms with Crippen LogP contribution in [0.2, 0.25) is 0 Å². The third-order valence-electron chi connectivity index (χ3n) is 5.36. The fraction of sp³-hybridized carbons (Fsp3) is 0.619. The standard InChI is InChI=1S/C21H30N2O4/c1-3-19(27-18-10-9-16-7-5-6-8-17(16)15-18)20(24)22-11-13-23(14-12-22)21(25)26-4-2/h9-10,15,19H,3-8,11-14H2,1-2H3/t19-/m0/s1. The first-order chi connectivity index (χ1) is 13.1. The van der Waals surface area contributed by atoms with Crippen LogP contribution in [-0.2, 0) is 22.4 Å². The third-order valence-corrected chi connectivity index (χ3v) is 5.36. The molecule has 1 heterocycles. The van der Waals surface area contributed by atoms with E-state index in [0.29, 0.717) is 39.2 Å². The maximum Gasteiger partial charge on any atom is 0.409 e. The minimum Gasteiger partial charge on any atom is -0.481 e. The van der Waals surface area contributed by atoms with E-state index in [2.05, 4.69) is 12.1 Å². The van der Waals surface area contributed by atoms with Crippen LogP contribution in [0.5, 0.6) is 5.75 Å². The Balaban J connectivity index is 1.57. The molecule has 27 heavy (non-hydrogen) atoms.